The van der Waals surface area contributed by atoms with Gasteiger partial charge in [0.1, 0.15) is 5.82 Å². The molecule has 1 aromatic rings. The number of anilines is 1. The number of hydrogen-bond donors (Lipinski definition) is 2. The van der Waals surface area contributed by atoms with E-state index in [2.05, 4.69) is 5.32 Å². The van der Waals surface area contributed by atoms with Gasteiger partial charge in [-0.1, -0.05) is 0 Å². The molecular weight excluding hydrogens is 254 g/mol. The number of aliphatic hydroxyl groups excluding tert-OH is 1. The molecule has 1 rings (SSSR count). The minimum absolute atomic E-state index is 0.0180. The van der Waals surface area contributed by atoms with E-state index in [0.29, 0.717) is 6.07 Å². The predicted octanol–water partition coefficient (Wildman–Crippen LogP) is 2.27. The van der Waals surface area contributed by atoms with Crippen molar-refractivity contribution in [2.24, 2.45) is 0 Å². The molecule has 0 heterocycles. The predicted molar refractivity (Wildman–Crippen MR) is 57.8 cm³/mol. The maximum Gasteiger partial charge on any atom is 0.416 e. The topological polar surface area (TPSA) is 41.5 Å². The van der Waals surface area contributed by atoms with Gasteiger partial charge in [-0.2, -0.15) is 13.2 Å². The highest BCUT2D eigenvalue weighted by Crippen LogP contribution is 2.31. The third-order valence-corrected chi connectivity index (χ3v) is 2.09. The number of ether oxygens (including phenoxy) is 1. The molecule has 1 aromatic carbocycles. The van der Waals surface area contributed by atoms with Crippen LogP contribution in [0.15, 0.2) is 18.2 Å². The van der Waals surface area contributed by atoms with Crippen molar-refractivity contribution < 1.29 is 27.4 Å². The van der Waals surface area contributed by atoms with E-state index in [-0.39, 0.29) is 32.1 Å². The van der Waals surface area contributed by atoms with Crippen LogP contribution in [0.25, 0.3) is 0 Å². The van der Waals surface area contributed by atoms with Gasteiger partial charge in [0.2, 0.25) is 0 Å². The Bertz CT molecular complexity index is 382. The van der Waals surface area contributed by atoms with E-state index in [1.54, 1.807) is 0 Å². The number of hydrogen-bond acceptors (Lipinski definition) is 3. The smallest absolute Gasteiger partial charge is 0.394 e. The maximum atomic E-state index is 13.3. The lowest BCUT2D eigenvalue weighted by atomic mass is 10.2. The van der Waals surface area contributed by atoms with Crippen LogP contribution in [0.5, 0.6) is 0 Å². The zero-order chi connectivity index (χ0) is 13.6. The molecule has 0 atom stereocenters. The first-order valence-electron chi connectivity index (χ1n) is 5.24. The van der Waals surface area contributed by atoms with Crippen molar-refractivity contribution in [3.05, 3.63) is 29.6 Å². The fourth-order valence-electron chi connectivity index (χ4n) is 1.26. The molecule has 0 bridgehead atoms. The van der Waals surface area contributed by atoms with E-state index in [9.17, 15) is 17.6 Å². The number of aliphatic hydroxyl groups is 1. The third-order valence-electron chi connectivity index (χ3n) is 2.09. The molecule has 3 nitrogen and oxygen atoms in total. The number of halogens is 4. The lowest BCUT2D eigenvalue weighted by Gasteiger charge is -2.11. The van der Waals surface area contributed by atoms with Gasteiger partial charge >= 0.3 is 6.18 Å². The highest BCUT2D eigenvalue weighted by Gasteiger charge is 2.31. The molecule has 0 aliphatic rings. The Kier molecular flexibility index (Phi) is 5.36. The minimum Gasteiger partial charge on any atom is -0.394 e. The Morgan fingerprint density at radius 1 is 1.22 bits per heavy atom. The van der Waals surface area contributed by atoms with E-state index in [1.165, 1.54) is 0 Å². The second-order valence-electron chi connectivity index (χ2n) is 3.46. The van der Waals surface area contributed by atoms with Gasteiger partial charge in [-0.3, -0.25) is 0 Å². The van der Waals surface area contributed by atoms with Crippen LogP contribution in [-0.2, 0) is 10.9 Å². The highest BCUT2D eigenvalue weighted by atomic mass is 19.4. The average molecular weight is 267 g/mol. The first-order chi connectivity index (χ1) is 8.45. The Morgan fingerprint density at radius 2 is 1.94 bits per heavy atom. The molecule has 0 saturated heterocycles. The summed E-state index contributed by atoms with van der Waals surface area (Å²) in [5, 5.41) is 11.0. The van der Waals surface area contributed by atoms with Crippen LogP contribution in [0.4, 0.5) is 23.2 Å². The Labute approximate surface area is 101 Å². The molecule has 18 heavy (non-hydrogen) atoms. The molecule has 0 amide bonds. The van der Waals surface area contributed by atoms with E-state index >= 15 is 0 Å². The molecule has 7 heteroatoms. The van der Waals surface area contributed by atoms with Gasteiger partial charge in [0.05, 0.1) is 31.1 Å². The fraction of sp³-hybridized carbons (Fsp3) is 0.455. The molecule has 0 aromatic heterocycles. The summed E-state index contributed by atoms with van der Waals surface area (Å²) in [6.45, 7) is 0.509. The lowest BCUT2D eigenvalue weighted by Crippen LogP contribution is -2.13. The molecule has 0 unspecified atom stereocenters. The number of benzene rings is 1. The molecule has 0 spiro atoms. The van der Waals surface area contributed by atoms with Crippen molar-refractivity contribution in [3.8, 4) is 0 Å². The normalized spacial score (nSPS) is 11.6. The molecule has 0 radical (unpaired) electrons. The molecule has 0 fully saturated rings. The van der Waals surface area contributed by atoms with E-state index in [1.807, 2.05) is 0 Å². The summed E-state index contributed by atoms with van der Waals surface area (Å²) in [6.07, 6.45) is -4.55. The van der Waals surface area contributed by atoms with Crippen molar-refractivity contribution in [1.29, 1.82) is 0 Å². The fourth-order valence-corrected chi connectivity index (χ4v) is 1.26. The van der Waals surface area contributed by atoms with Crippen molar-refractivity contribution in [2.75, 3.05) is 31.7 Å². The average Bonchev–Trinajstić information content (AvgIpc) is 2.29. The summed E-state index contributed by atoms with van der Waals surface area (Å²) in [7, 11) is 0. The maximum absolute atomic E-state index is 13.3. The largest absolute Gasteiger partial charge is 0.416 e. The second-order valence-corrected chi connectivity index (χ2v) is 3.46. The summed E-state index contributed by atoms with van der Waals surface area (Å²) in [6, 6.07) is 2.28. The number of nitrogens with one attached hydrogen (secondary N) is 1. The van der Waals surface area contributed by atoms with Gasteiger partial charge in [-0.15, -0.1) is 0 Å². The van der Waals surface area contributed by atoms with Crippen molar-refractivity contribution in [1.82, 2.24) is 0 Å². The SMILES string of the molecule is OCCOCCNc1ccc(C(F)(F)F)cc1F. The van der Waals surface area contributed by atoms with Crippen LogP contribution in [0, 0.1) is 5.82 Å². The van der Waals surface area contributed by atoms with Gasteiger partial charge < -0.3 is 15.2 Å². The van der Waals surface area contributed by atoms with Gasteiger partial charge in [-0.25, -0.2) is 4.39 Å². The van der Waals surface area contributed by atoms with Gasteiger partial charge in [0, 0.05) is 6.54 Å². The summed E-state index contributed by atoms with van der Waals surface area (Å²) in [5.74, 6) is -0.966. The van der Waals surface area contributed by atoms with Crippen molar-refractivity contribution in [2.45, 2.75) is 6.18 Å². The van der Waals surface area contributed by atoms with E-state index in [0.717, 1.165) is 12.1 Å². The van der Waals surface area contributed by atoms with E-state index in [4.69, 9.17) is 9.84 Å². The third kappa shape index (κ3) is 4.50. The van der Waals surface area contributed by atoms with Gasteiger partial charge in [0.15, 0.2) is 0 Å². The Hall–Kier alpha value is -1.34. The minimum atomic E-state index is -4.55. The van der Waals surface area contributed by atoms with Crippen LogP contribution < -0.4 is 5.32 Å². The second kappa shape index (κ2) is 6.55. The van der Waals surface area contributed by atoms with Gasteiger partial charge in [-0.05, 0) is 18.2 Å². The van der Waals surface area contributed by atoms with Crippen LogP contribution >= 0.6 is 0 Å². The molecule has 0 saturated carbocycles. The van der Waals surface area contributed by atoms with Crippen molar-refractivity contribution in [3.63, 3.8) is 0 Å². The first-order valence-corrected chi connectivity index (χ1v) is 5.24. The summed E-state index contributed by atoms with van der Waals surface area (Å²) in [4.78, 5) is 0. The number of rotatable bonds is 6. The lowest BCUT2D eigenvalue weighted by molar-refractivity contribution is -0.137. The molecule has 0 aliphatic carbocycles. The molecule has 0 aliphatic heterocycles. The monoisotopic (exact) mass is 267 g/mol. The zero-order valence-electron chi connectivity index (χ0n) is 9.43. The van der Waals surface area contributed by atoms with Crippen LogP contribution in [0.2, 0.25) is 0 Å². The first kappa shape index (κ1) is 14.7. The van der Waals surface area contributed by atoms with E-state index < -0.39 is 17.6 Å². The van der Waals surface area contributed by atoms with Crippen LogP contribution in [0.1, 0.15) is 5.56 Å². The van der Waals surface area contributed by atoms with Crippen LogP contribution in [-0.4, -0.2) is 31.5 Å². The van der Waals surface area contributed by atoms with Gasteiger partial charge in [0.25, 0.3) is 0 Å². The standard InChI is InChI=1S/C11H13F4NO2/c12-9-7-8(11(13,14)15)1-2-10(9)16-3-5-18-6-4-17/h1-2,7,16-17H,3-6H2. The Balaban J connectivity index is 2.53. The quantitative estimate of drug-likeness (QED) is 0.613. The molecule has 102 valence electrons. The summed E-state index contributed by atoms with van der Waals surface area (Å²) in [5.41, 5.74) is -1.04. The highest BCUT2D eigenvalue weighted by molar-refractivity contribution is 5.46. The van der Waals surface area contributed by atoms with Crippen molar-refractivity contribution >= 4 is 5.69 Å². The Morgan fingerprint density at radius 3 is 2.50 bits per heavy atom. The summed E-state index contributed by atoms with van der Waals surface area (Å²) >= 11 is 0. The zero-order valence-corrected chi connectivity index (χ0v) is 9.43. The number of alkyl halides is 3. The van der Waals surface area contributed by atoms with Crippen LogP contribution in [0.3, 0.4) is 0 Å². The molecule has 2 N–H and O–H groups in total. The molecular formula is C11H13F4NO2. The summed E-state index contributed by atoms with van der Waals surface area (Å²) < 4.78 is 55.0.